The number of nitrogen functional groups attached to an aromatic ring is 1. The molecular formula is C30H29FN8O3. The molecule has 42 heavy (non-hydrogen) atoms. The van der Waals surface area contributed by atoms with E-state index in [4.69, 9.17) is 5.73 Å². The molecule has 214 valence electrons. The predicted octanol–water partition coefficient (Wildman–Crippen LogP) is 3.17. The number of carbonyl (C=O) groups is 1. The van der Waals surface area contributed by atoms with Crippen LogP contribution in [0.4, 0.5) is 15.9 Å². The summed E-state index contributed by atoms with van der Waals surface area (Å²) in [7, 11) is 0. The second-order valence-corrected chi connectivity index (χ2v) is 10.2. The minimum Gasteiger partial charge on any atom is -0.382 e. The zero-order valence-corrected chi connectivity index (χ0v) is 22.9. The number of hydrogen-bond acceptors (Lipinski definition) is 7. The van der Waals surface area contributed by atoms with Crippen molar-refractivity contribution < 1.29 is 9.18 Å². The van der Waals surface area contributed by atoms with Crippen molar-refractivity contribution in [2.45, 2.75) is 32.2 Å². The fourth-order valence-corrected chi connectivity index (χ4v) is 5.45. The van der Waals surface area contributed by atoms with Crippen molar-refractivity contribution in [3.8, 4) is 16.8 Å². The molecule has 1 fully saturated rings. The van der Waals surface area contributed by atoms with Crippen LogP contribution in [0.2, 0.25) is 0 Å². The van der Waals surface area contributed by atoms with Gasteiger partial charge in [0.2, 0.25) is 0 Å². The largest absolute Gasteiger partial charge is 0.382 e. The quantitative estimate of drug-likeness (QED) is 0.286. The molecule has 1 aliphatic heterocycles. The second-order valence-electron chi connectivity index (χ2n) is 10.2. The van der Waals surface area contributed by atoms with E-state index in [0.29, 0.717) is 17.4 Å². The number of benzene rings is 2. The molecule has 0 spiro atoms. The summed E-state index contributed by atoms with van der Waals surface area (Å²) in [6.07, 6.45) is 4.69. The molecule has 5 aromatic rings. The zero-order chi connectivity index (χ0) is 29.4. The normalized spacial score (nSPS) is 13.9. The highest BCUT2D eigenvalue weighted by molar-refractivity contribution is 6.04. The lowest BCUT2D eigenvalue weighted by Gasteiger charge is -2.22. The Morgan fingerprint density at radius 3 is 2.50 bits per heavy atom. The molecule has 3 aromatic heterocycles. The Morgan fingerprint density at radius 2 is 1.81 bits per heavy atom. The molecule has 0 atom stereocenters. The van der Waals surface area contributed by atoms with Gasteiger partial charge in [-0.2, -0.15) is 5.10 Å². The number of carbonyl (C=O) groups excluding carboxylic acids is 1. The average Bonchev–Trinajstić information content (AvgIpc) is 3.40. The van der Waals surface area contributed by atoms with E-state index in [9.17, 15) is 18.8 Å². The topological polar surface area (TPSA) is 141 Å². The average molecular weight is 569 g/mol. The SMILES string of the molecule is CCn1cc(C(=O)Nc2ccc(-c3cc(C4CCNCC4)n4ncnc(N)c34)cc2)c(=O)n(-c2ccc(F)cc2)c1=O. The Hall–Kier alpha value is -5.10. The second kappa shape index (κ2) is 11.1. The van der Waals surface area contributed by atoms with Crippen molar-refractivity contribution in [1.82, 2.24) is 29.0 Å². The number of hydrogen-bond donors (Lipinski definition) is 3. The predicted molar refractivity (Wildman–Crippen MR) is 158 cm³/mol. The molecule has 0 saturated carbocycles. The number of rotatable bonds is 6. The van der Waals surface area contributed by atoms with Crippen LogP contribution < -0.4 is 27.6 Å². The summed E-state index contributed by atoms with van der Waals surface area (Å²) >= 11 is 0. The van der Waals surface area contributed by atoms with Crippen molar-refractivity contribution in [2.75, 3.05) is 24.1 Å². The van der Waals surface area contributed by atoms with E-state index in [1.54, 1.807) is 19.1 Å². The minimum atomic E-state index is -0.799. The molecule has 6 rings (SSSR count). The summed E-state index contributed by atoms with van der Waals surface area (Å²) in [4.78, 5) is 43.6. The molecule has 2 aromatic carbocycles. The molecule has 0 radical (unpaired) electrons. The monoisotopic (exact) mass is 568 g/mol. The maximum Gasteiger partial charge on any atom is 0.335 e. The molecule has 1 aliphatic rings. The third-order valence-electron chi connectivity index (χ3n) is 7.65. The Kier molecular flexibility index (Phi) is 7.13. The van der Waals surface area contributed by atoms with E-state index in [1.165, 1.54) is 29.2 Å². The van der Waals surface area contributed by atoms with Gasteiger partial charge in [-0.3, -0.25) is 14.2 Å². The number of nitrogens with two attached hydrogens (primary N) is 1. The molecule has 11 nitrogen and oxygen atoms in total. The number of nitrogens with one attached hydrogen (secondary N) is 2. The summed E-state index contributed by atoms with van der Waals surface area (Å²) in [5.41, 5.74) is 8.83. The first-order valence-corrected chi connectivity index (χ1v) is 13.7. The van der Waals surface area contributed by atoms with Crippen LogP contribution in [0, 0.1) is 5.82 Å². The van der Waals surface area contributed by atoms with Gasteiger partial charge >= 0.3 is 5.69 Å². The molecule has 0 unspecified atom stereocenters. The maximum atomic E-state index is 13.5. The van der Waals surface area contributed by atoms with Crippen molar-refractivity contribution >= 4 is 22.9 Å². The number of halogens is 1. The highest BCUT2D eigenvalue weighted by Crippen LogP contribution is 2.36. The molecular weight excluding hydrogens is 539 g/mol. The van der Waals surface area contributed by atoms with Crippen LogP contribution in [-0.4, -0.2) is 42.7 Å². The molecule has 1 amide bonds. The van der Waals surface area contributed by atoms with E-state index in [1.807, 2.05) is 16.6 Å². The third kappa shape index (κ3) is 4.85. The number of aromatic nitrogens is 5. The number of amides is 1. The first-order valence-electron chi connectivity index (χ1n) is 13.7. The van der Waals surface area contributed by atoms with Crippen LogP contribution in [0.15, 0.2) is 76.7 Å². The standard InChI is InChI=1S/C30H29FN8O3/c1-2-37-16-24(29(41)38(30(37)42)22-9-5-20(31)6-10-22)28(40)36-21-7-3-18(4-8-21)23-15-25(19-11-13-33-14-12-19)39-26(23)27(32)34-17-35-39/h3-10,15-17,19,33H,2,11-14H2,1H3,(H,36,40)(H2,32,34,35). The van der Waals surface area contributed by atoms with Crippen LogP contribution in [0.3, 0.4) is 0 Å². The van der Waals surface area contributed by atoms with Gasteiger partial charge in [-0.25, -0.2) is 23.3 Å². The number of fused-ring (bicyclic) bond motifs is 1. The zero-order valence-electron chi connectivity index (χ0n) is 22.9. The van der Waals surface area contributed by atoms with Gasteiger partial charge in [0.05, 0.1) is 5.69 Å². The Labute approximate surface area is 239 Å². The van der Waals surface area contributed by atoms with Crippen LogP contribution >= 0.6 is 0 Å². The molecule has 4 heterocycles. The van der Waals surface area contributed by atoms with Gasteiger partial charge in [-0.05, 0) is 80.9 Å². The lowest BCUT2D eigenvalue weighted by molar-refractivity contribution is 0.102. The lowest BCUT2D eigenvalue weighted by Crippen LogP contribution is -2.42. The summed E-state index contributed by atoms with van der Waals surface area (Å²) in [6, 6.07) is 14.2. The maximum absolute atomic E-state index is 13.5. The molecule has 0 aliphatic carbocycles. The highest BCUT2D eigenvalue weighted by Gasteiger charge is 2.23. The Balaban J connectivity index is 1.32. The smallest absolute Gasteiger partial charge is 0.335 e. The first kappa shape index (κ1) is 27.1. The lowest BCUT2D eigenvalue weighted by atomic mass is 9.94. The van der Waals surface area contributed by atoms with Crippen molar-refractivity contribution in [1.29, 1.82) is 0 Å². The van der Waals surface area contributed by atoms with Crippen molar-refractivity contribution in [3.63, 3.8) is 0 Å². The van der Waals surface area contributed by atoms with Gasteiger partial charge in [-0.1, -0.05) is 12.1 Å². The summed E-state index contributed by atoms with van der Waals surface area (Å²) < 4.78 is 17.5. The minimum absolute atomic E-state index is 0.166. The number of aryl methyl sites for hydroxylation is 1. The third-order valence-corrected chi connectivity index (χ3v) is 7.65. The van der Waals surface area contributed by atoms with Crippen LogP contribution in [-0.2, 0) is 6.54 Å². The van der Waals surface area contributed by atoms with Gasteiger partial charge in [0.1, 0.15) is 23.2 Å². The fraction of sp³-hybridized carbons (Fsp3) is 0.233. The van der Waals surface area contributed by atoms with Crippen LogP contribution in [0.25, 0.3) is 22.3 Å². The number of nitrogens with zero attached hydrogens (tertiary/aromatic N) is 5. The van der Waals surface area contributed by atoms with E-state index >= 15 is 0 Å². The highest BCUT2D eigenvalue weighted by atomic mass is 19.1. The summed E-state index contributed by atoms with van der Waals surface area (Å²) in [5, 5.41) is 10.6. The van der Waals surface area contributed by atoms with Gasteiger partial charge in [0.25, 0.3) is 11.5 Å². The van der Waals surface area contributed by atoms with E-state index in [2.05, 4.69) is 26.8 Å². The number of anilines is 2. The van der Waals surface area contributed by atoms with E-state index in [-0.39, 0.29) is 17.8 Å². The Morgan fingerprint density at radius 1 is 1.10 bits per heavy atom. The Bertz CT molecular complexity index is 1900. The van der Waals surface area contributed by atoms with Gasteiger partial charge in [0, 0.05) is 35.6 Å². The molecule has 4 N–H and O–H groups in total. The van der Waals surface area contributed by atoms with E-state index in [0.717, 1.165) is 65.0 Å². The molecule has 12 heteroatoms. The number of piperidine rings is 1. The summed E-state index contributed by atoms with van der Waals surface area (Å²) in [6.45, 7) is 3.83. The van der Waals surface area contributed by atoms with Crippen LogP contribution in [0.1, 0.15) is 41.7 Å². The van der Waals surface area contributed by atoms with Crippen LogP contribution in [0.5, 0.6) is 0 Å². The van der Waals surface area contributed by atoms with Crippen molar-refractivity contribution in [2.24, 2.45) is 0 Å². The van der Waals surface area contributed by atoms with Gasteiger partial charge in [-0.15, -0.1) is 0 Å². The van der Waals surface area contributed by atoms with Crippen molar-refractivity contribution in [3.05, 3.63) is 105 Å². The van der Waals surface area contributed by atoms with E-state index < -0.39 is 23.0 Å². The first-order chi connectivity index (χ1) is 20.4. The fourth-order valence-electron chi connectivity index (χ4n) is 5.45. The van der Waals surface area contributed by atoms with Gasteiger partial charge in [0.15, 0.2) is 5.82 Å². The van der Waals surface area contributed by atoms with Gasteiger partial charge < -0.3 is 16.4 Å². The molecule has 1 saturated heterocycles. The molecule has 0 bridgehead atoms. The summed E-state index contributed by atoms with van der Waals surface area (Å²) in [5.74, 6) is -0.469.